The molecule has 0 heterocycles. The quantitative estimate of drug-likeness (QED) is 0.631. The highest BCUT2D eigenvalue weighted by Crippen LogP contribution is 2.26. The summed E-state index contributed by atoms with van der Waals surface area (Å²) in [6.45, 7) is 6.67. The highest BCUT2D eigenvalue weighted by Gasteiger charge is 2.21. The fraction of sp³-hybridized carbons (Fsp3) is 0.462. The van der Waals surface area contributed by atoms with Gasteiger partial charge < -0.3 is 4.90 Å². The van der Waals surface area contributed by atoms with Crippen LogP contribution in [0, 0.1) is 15.5 Å². The van der Waals surface area contributed by atoms with Gasteiger partial charge in [0.05, 0.1) is 4.92 Å². The molecule has 5 nitrogen and oxygen atoms in total. The topological polar surface area (TPSA) is 63.5 Å². The maximum absolute atomic E-state index is 12.2. The molecule has 1 rings (SSSR count). The molecule has 1 amide bonds. The third-order valence-corrected chi connectivity index (χ3v) is 2.75. The molecule has 0 unspecified atom stereocenters. The Balaban J connectivity index is 2.95. The van der Waals surface area contributed by atoms with Gasteiger partial charge >= 0.3 is 0 Å². The Kier molecular flexibility index (Phi) is 4.52. The van der Waals surface area contributed by atoms with Gasteiger partial charge in [0.15, 0.2) is 0 Å². The van der Waals surface area contributed by atoms with E-state index in [9.17, 15) is 14.9 Å². The molecular weight excluding hydrogens is 268 g/mol. The second-order valence-corrected chi connectivity index (χ2v) is 6.05. The number of nitrogens with zero attached hydrogens (tertiary/aromatic N) is 2. The van der Waals surface area contributed by atoms with Crippen molar-refractivity contribution < 1.29 is 9.72 Å². The Morgan fingerprint density at radius 1 is 1.42 bits per heavy atom. The van der Waals surface area contributed by atoms with E-state index < -0.39 is 4.92 Å². The molecular formula is C13H17ClN2O3. The number of hydrogen-bond acceptors (Lipinski definition) is 3. The molecule has 1 aromatic carbocycles. The van der Waals surface area contributed by atoms with E-state index in [-0.39, 0.29) is 22.0 Å². The Hall–Kier alpha value is -1.62. The van der Waals surface area contributed by atoms with E-state index in [0.717, 1.165) is 0 Å². The van der Waals surface area contributed by atoms with Crippen molar-refractivity contribution in [2.45, 2.75) is 20.8 Å². The summed E-state index contributed by atoms with van der Waals surface area (Å²) in [7, 11) is 1.70. The van der Waals surface area contributed by atoms with Crippen LogP contribution in [0.15, 0.2) is 18.2 Å². The predicted octanol–water partition coefficient (Wildman–Crippen LogP) is 3.37. The number of carbonyl (C=O) groups excluding carboxylic acids is 1. The molecule has 0 saturated carbocycles. The van der Waals surface area contributed by atoms with Gasteiger partial charge in [-0.15, -0.1) is 0 Å². The normalized spacial score (nSPS) is 11.2. The summed E-state index contributed by atoms with van der Waals surface area (Å²) in [6, 6.07) is 4.01. The van der Waals surface area contributed by atoms with Crippen molar-refractivity contribution in [2.24, 2.45) is 5.41 Å². The van der Waals surface area contributed by atoms with E-state index in [4.69, 9.17) is 11.6 Å². The van der Waals surface area contributed by atoms with Gasteiger partial charge in [0.1, 0.15) is 5.02 Å². The molecule has 0 spiro atoms. The first-order chi connectivity index (χ1) is 8.61. The van der Waals surface area contributed by atoms with Gasteiger partial charge in [0.2, 0.25) is 0 Å². The molecule has 0 aromatic heterocycles. The lowest BCUT2D eigenvalue weighted by molar-refractivity contribution is -0.384. The van der Waals surface area contributed by atoms with Crippen LogP contribution in [0.5, 0.6) is 0 Å². The van der Waals surface area contributed by atoms with Crippen LogP contribution in [-0.4, -0.2) is 29.3 Å². The summed E-state index contributed by atoms with van der Waals surface area (Å²) >= 11 is 5.79. The molecule has 0 fully saturated rings. The molecule has 6 heteroatoms. The Morgan fingerprint density at radius 3 is 2.42 bits per heavy atom. The largest absolute Gasteiger partial charge is 0.341 e. The first kappa shape index (κ1) is 15.4. The third kappa shape index (κ3) is 4.21. The Morgan fingerprint density at radius 2 is 2.00 bits per heavy atom. The zero-order valence-corrected chi connectivity index (χ0v) is 12.2. The smallest absolute Gasteiger partial charge is 0.287 e. The summed E-state index contributed by atoms with van der Waals surface area (Å²) in [5.41, 5.74) is 0.133. The highest BCUT2D eigenvalue weighted by molar-refractivity contribution is 6.33. The van der Waals surface area contributed by atoms with Gasteiger partial charge in [0, 0.05) is 25.2 Å². The number of hydrogen-bond donors (Lipinski definition) is 0. The summed E-state index contributed by atoms with van der Waals surface area (Å²) in [5, 5.41) is 10.6. The molecule has 0 aliphatic rings. The minimum Gasteiger partial charge on any atom is -0.341 e. The minimum atomic E-state index is -0.574. The molecule has 19 heavy (non-hydrogen) atoms. The lowest BCUT2D eigenvalue weighted by Crippen LogP contribution is -2.34. The van der Waals surface area contributed by atoms with Crippen LogP contribution in [0.25, 0.3) is 0 Å². The monoisotopic (exact) mass is 284 g/mol. The van der Waals surface area contributed by atoms with E-state index in [1.165, 1.54) is 18.2 Å². The number of amides is 1. The lowest BCUT2D eigenvalue weighted by Gasteiger charge is -2.26. The molecule has 0 atom stereocenters. The van der Waals surface area contributed by atoms with E-state index in [0.29, 0.717) is 12.1 Å². The van der Waals surface area contributed by atoms with Crippen LogP contribution in [0.3, 0.4) is 0 Å². The van der Waals surface area contributed by atoms with Gasteiger partial charge in [-0.2, -0.15) is 0 Å². The molecule has 0 aliphatic heterocycles. The molecule has 0 saturated heterocycles. The van der Waals surface area contributed by atoms with Gasteiger partial charge in [-0.1, -0.05) is 32.4 Å². The van der Waals surface area contributed by atoms with Crippen LogP contribution < -0.4 is 0 Å². The van der Waals surface area contributed by atoms with Crippen LogP contribution in [0.4, 0.5) is 5.69 Å². The lowest BCUT2D eigenvalue weighted by atomic mass is 9.96. The highest BCUT2D eigenvalue weighted by atomic mass is 35.5. The van der Waals surface area contributed by atoms with Crippen molar-refractivity contribution >= 4 is 23.2 Å². The fourth-order valence-electron chi connectivity index (χ4n) is 1.79. The second kappa shape index (κ2) is 5.57. The first-order valence-electron chi connectivity index (χ1n) is 5.81. The van der Waals surface area contributed by atoms with Gasteiger partial charge in [-0.3, -0.25) is 14.9 Å². The fourth-order valence-corrected chi connectivity index (χ4v) is 2.04. The molecule has 0 N–H and O–H groups in total. The number of halogens is 1. The van der Waals surface area contributed by atoms with E-state index in [2.05, 4.69) is 0 Å². The number of carbonyl (C=O) groups is 1. The van der Waals surface area contributed by atoms with Crippen molar-refractivity contribution in [3.05, 3.63) is 38.9 Å². The second-order valence-electron chi connectivity index (χ2n) is 5.65. The standard InChI is InChI=1S/C13H17ClN2O3/c1-13(2,3)8-15(4)12(17)9-5-6-11(16(18)19)10(14)7-9/h5-7H,8H2,1-4H3. The maximum Gasteiger partial charge on any atom is 0.287 e. The predicted molar refractivity (Wildman–Crippen MR) is 74.5 cm³/mol. The minimum absolute atomic E-state index is 0.0189. The van der Waals surface area contributed by atoms with Gasteiger partial charge in [-0.25, -0.2) is 0 Å². The van der Waals surface area contributed by atoms with Crippen molar-refractivity contribution in [1.29, 1.82) is 0 Å². The number of nitro benzene ring substituents is 1. The summed E-state index contributed by atoms with van der Waals surface area (Å²) < 4.78 is 0. The average Bonchev–Trinajstić information content (AvgIpc) is 2.24. The van der Waals surface area contributed by atoms with Crippen LogP contribution >= 0.6 is 11.6 Å². The molecule has 1 aromatic rings. The Labute approximate surface area is 117 Å². The summed E-state index contributed by atoms with van der Waals surface area (Å²) in [5.74, 6) is -0.202. The van der Waals surface area contributed by atoms with Gasteiger partial charge in [-0.05, 0) is 17.5 Å². The van der Waals surface area contributed by atoms with E-state index in [1.807, 2.05) is 20.8 Å². The number of nitro groups is 1. The van der Waals surface area contributed by atoms with E-state index >= 15 is 0 Å². The number of benzene rings is 1. The number of rotatable bonds is 3. The zero-order valence-electron chi connectivity index (χ0n) is 11.4. The first-order valence-corrected chi connectivity index (χ1v) is 6.19. The maximum atomic E-state index is 12.2. The van der Waals surface area contributed by atoms with Crippen molar-refractivity contribution in [3.8, 4) is 0 Å². The molecule has 104 valence electrons. The van der Waals surface area contributed by atoms with E-state index in [1.54, 1.807) is 11.9 Å². The Bertz CT molecular complexity index is 509. The summed E-state index contributed by atoms with van der Waals surface area (Å²) in [4.78, 5) is 23.8. The molecule has 0 bridgehead atoms. The van der Waals surface area contributed by atoms with Gasteiger partial charge in [0.25, 0.3) is 11.6 Å². The van der Waals surface area contributed by atoms with Crippen molar-refractivity contribution in [2.75, 3.05) is 13.6 Å². The van der Waals surface area contributed by atoms with Crippen molar-refractivity contribution in [1.82, 2.24) is 4.90 Å². The SMILES string of the molecule is CN(CC(C)(C)C)C(=O)c1ccc([N+](=O)[O-])c(Cl)c1. The molecule has 0 radical (unpaired) electrons. The average molecular weight is 285 g/mol. The van der Waals surface area contributed by atoms with Crippen LogP contribution in [-0.2, 0) is 0 Å². The van der Waals surface area contributed by atoms with Crippen molar-refractivity contribution in [3.63, 3.8) is 0 Å². The molecule has 0 aliphatic carbocycles. The third-order valence-electron chi connectivity index (χ3n) is 2.45. The summed E-state index contributed by atoms with van der Waals surface area (Å²) in [6.07, 6.45) is 0. The van der Waals surface area contributed by atoms with Crippen LogP contribution in [0.1, 0.15) is 31.1 Å². The zero-order chi connectivity index (χ0) is 14.8. The van der Waals surface area contributed by atoms with Crippen LogP contribution in [0.2, 0.25) is 5.02 Å².